The molecule has 0 aliphatic carbocycles. The molecule has 1 unspecified atom stereocenters. The third-order valence-corrected chi connectivity index (χ3v) is 4.32. The highest BCUT2D eigenvalue weighted by Gasteiger charge is 2.22. The fourth-order valence-corrected chi connectivity index (χ4v) is 3.10. The van der Waals surface area contributed by atoms with Gasteiger partial charge in [0, 0.05) is 7.11 Å². The van der Waals surface area contributed by atoms with E-state index in [1.54, 1.807) is 13.2 Å². The summed E-state index contributed by atoms with van der Waals surface area (Å²) in [5.41, 5.74) is 4.12. The summed E-state index contributed by atoms with van der Waals surface area (Å²) in [5, 5.41) is 9.32. The third-order valence-electron chi connectivity index (χ3n) is 4.32. The number of phenolic OH excluding ortho intramolecular Hbond substituents is 1. The minimum Gasteiger partial charge on any atom is -0.505 e. The van der Waals surface area contributed by atoms with E-state index in [0.717, 1.165) is 42.4 Å². The Morgan fingerprint density at radius 1 is 1.44 bits per heavy atom. The van der Waals surface area contributed by atoms with Crippen LogP contribution < -0.4 is 0 Å². The van der Waals surface area contributed by atoms with E-state index in [4.69, 9.17) is 9.47 Å². The number of ether oxygens (including phenoxy) is 2. The first kappa shape index (κ1) is 19.4. The normalized spacial score (nSPS) is 17.6. The Balaban J connectivity index is 2.04. The van der Waals surface area contributed by atoms with Crippen molar-refractivity contribution < 1.29 is 19.0 Å². The van der Waals surface area contributed by atoms with Crippen LogP contribution in [0.1, 0.15) is 38.2 Å². The highest BCUT2D eigenvalue weighted by molar-refractivity contribution is 5.54. The van der Waals surface area contributed by atoms with Crippen molar-refractivity contribution in [2.45, 2.75) is 38.7 Å². The predicted octanol–water partition coefficient (Wildman–Crippen LogP) is 5.02. The number of methoxy groups -OCH3 is 1. The minimum atomic E-state index is -0.593. The maximum Gasteiger partial charge on any atom is 0.165 e. The van der Waals surface area contributed by atoms with Gasteiger partial charge in [-0.05, 0) is 48.1 Å². The molecule has 0 fully saturated rings. The first-order chi connectivity index (χ1) is 12.0. The van der Waals surface area contributed by atoms with Crippen LogP contribution in [0.5, 0.6) is 5.75 Å². The first-order valence-corrected chi connectivity index (χ1v) is 8.71. The van der Waals surface area contributed by atoms with Crippen LogP contribution in [0.3, 0.4) is 0 Å². The molecule has 1 N–H and O–H groups in total. The standard InChI is InChI=1S/C21H27FO3/c1-4-5-16(12-17-6-8-20(23)19(22)13-17)7-9-21-18(10-11-25-21)15(2)14-24-3/h6,8,10,12-13,21,23H,2,4-5,7,9,11,14H2,1,3H3/b16-12+. The number of hydrogen-bond acceptors (Lipinski definition) is 3. The second-order valence-electron chi connectivity index (χ2n) is 6.32. The van der Waals surface area contributed by atoms with Crippen LogP contribution in [0.15, 0.2) is 47.6 Å². The highest BCUT2D eigenvalue weighted by atomic mass is 19.1. The molecule has 4 heteroatoms. The zero-order valence-corrected chi connectivity index (χ0v) is 15.1. The zero-order chi connectivity index (χ0) is 18.2. The van der Waals surface area contributed by atoms with E-state index in [-0.39, 0.29) is 11.9 Å². The van der Waals surface area contributed by atoms with Gasteiger partial charge in [-0.15, -0.1) is 0 Å². The molecule has 1 aliphatic heterocycles. The van der Waals surface area contributed by atoms with Crippen LogP contribution in [0.4, 0.5) is 4.39 Å². The second kappa shape index (κ2) is 9.54. The van der Waals surface area contributed by atoms with Crippen molar-refractivity contribution in [2.75, 3.05) is 20.3 Å². The maximum absolute atomic E-state index is 13.5. The summed E-state index contributed by atoms with van der Waals surface area (Å²) in [6.07, 6.45) is 7.84. The molecule has 1 atom stereocenters. The highest BCUT2D eigenvalue weighted by Crippen LogP contribution is 2.28. The van der Waals surface area contributed by atoms with Gasteiger partial charge in [0.1, 0.15) is 0 Å². The van der Waals surface area contributed by atoms with Gasteiger partial charge in [0.15, 0.2) is 11.6 Å². The van der Waals surface area contributed by atoms with E-state index < -0.39 is 5.82 Å². The molecule has 0 saturated carbocycles. The topological polar surface area (TPSA) is 38.7 Å². The van der Waals surface area contributed by atoms with Crippen molar-refractivity contribution in [2.24, 2.45) is 0 Å². The SMILES string of the molecule is C=C(COC)C1=CCOC1CC/C(=C/c1ccc(O)c(F)c1)CCC. The summed E-state index contributed by atoms with van der Waals surface area (Å²) in [6, 6.07) is 4.48. The number of hydrogen-bond donors (Lipinski definition) is 1. The molecule has 0 aromatic heterocycles. The average molecular weight is 346 g/mol. The lowest BCUT2D eigenvalue weighted by Crippen LogP contribution is -2.13. The van der Waals surface area contributed by atoms with Gasteiger partial charge in [0.2, 0.25) is 0 Å². The number of benzene rings is 1. The number of aromatic hydroxyl groups is 1. The molecular formula is C21H27FO3. The Bertz CT molecular complexity index is 661. The van der Waals surface area contributed by atoms with Gasteiger partial charge in [-0.25, -0.2) is 4.39 Å². The summed E-state index contributed by atoms with van der Waals surface area (Å²) in [4.78, 5) is 0. The summed E-state index contributed by atoms with van der Waals surface area (Å²) >= 11 is 0. The number of rotatable bonds is 9. The van der Waals surface area contributed by atoms with Gasteiger partial charge >= 0.3 is 0 Å². The first-order valence-electron chi connectivity index (χ1n) is 8.71. The predicted molar refractivity (Wildman–Crippen MR) is 99.0 cm³/mol. The average Bonchev–Trinajstić information content (AvgIpc) is 3.05. The Kier molecular flexibility index (Phi) is 7.41. The van der Waals surface area contributed by atoms with Crippen LogP contribution in [0.2, 0.25) is 0 Å². The third kappa shape index (κ3) is 5.55. The molecule has 1 aromatic rings. The summed E-state index contributed by atoms with van der Waals surface area (Å²) < 4.78 is 24.5. The van der Waals surface area contributed by atoms with Gasteiger partial charge in [-0.2, -0.15) is 0 Å². The largest absolute Gasteiger partial charge is 0.505 e. The van der Waals surface area contributed by atoms with Crippen LogP contribution in [0.25, 0.3) is 6.08 Å². The molecule has 0 amide bonds. The fourth-order valence-electron chi connectivity index (χ4n) is 3.10. The summed E-state index contributed by atoms with van der Waals surface area (Å²) in [5.74, 6) is -0.912. The van der Waals surface area contributed by atoms with Gasteiger partial charge < -0.3 is 14.6 Å². The molecule has 2 rings (SSSR count). The van der Waals surface area contributed by atoms with Gasteiger partial charge in [-0.3, -0.25) is 0 Å². The lowest BCUT2D eigenvalue weighted by Gasteiger charge is -2.17. The van der Waals surface area contributed by atoms with Gasteiger partial charge in [0.25, 0.3) is 0 Å². The Morgan fingerprint density at radius 2 is 2.24 bits per heavy atom. The van der Waals surface area contributed by atoms with Crippen molar-refractivity contribution in [1.82, 2.24) is 0 Å². The van der Waals surface area contributed by atoms with Crippen molar-refractivity contribution in [3.05, 3.63) is 59.0 Å². The van der Waals surface area contributed by atoms with E-state index in [1.807, 2.05) is 6.08 Å². The smallest absolute Gasteiger partial charge is 0.165 e. The number of allylic oxidation sites excluding steroid dienone is 1. The molecule has 136 valence electrons. The summed E-state index contributed by atoms with van der Waals surface area (Å²) in [6.45, 7) is 7.32. The van der Waals surface area contributed by atoms with Gasteiger partial charge in [-0.1, -0.05) is 43.7 Å². The van der Waals surface area contributed by atoms with Gasteiger partial charge in [0.05, 0.1) is 19.3 Å². The molecule has 0 radical (unpaired) electrons. The maximum atomic E-state index is 13.5. The Morgan fingerprint density at radius 3 is 2.92 bits per heavy atom. The molecule has 1 aliphatic rings. The van der Waals surface area contributed by atoms with E-state index in [1.165, 1.54) is 17.7 Å². The molecule has 0 bridgehead atoms. The van der Waals surface area contributed by atoms with Crippen molar-refractivity contribution >= 4 is 6.08 Å². The minimum absolute atomic E-state index is 0.0412. The lowest BCUT2D eigenvalue weighted by atomic mass is 9.95. The molecule has 1 heterocycles. The molecule has 0 saturated heterocycles. The van der Waals surface area contributed by atoms with E-state index in [0.29, 0.717) is 13.2 Å². The van der Waals surface area contributed by atoms with Crippen LogP contribution >= 0.6 is 0 Å². The van der Waals surface area contributed by atoms with E-state index in [9.17, 15) is 9.50 Å². The van der Waals surface area contributed by atoms with Crippen molar-refractivity contribution in [3.8, 4) is 5.75 Å². The Labute approximate surface area is 149 Å². The van der Waals surface area contributed by atoms with Crippen LogP contribution in [0, 0.1) is 5.82 Å². The van der Waals surface area contributed by atoms with Crippen LogP contribution in [-0.2, 0) is 9.47 Å². The Hall–Kier alpha value is -1.91. The molecule has 1 aromatic carbocycles. The molecule has 0 spiro atoms. The van der Waals surface area contributed by atoms with E-state index in [2.05, 4.69) is 19.6 Å². The number of phenols is 1. The lowest BCUT2D eigenvalue weighted by molar-refractivity contribution is 0.115. The zero-order valence-electron chi connectivity index (χ0n) is 15.1. The molecular weight excluding hydrogens is 319 g/mol. The van der Waals surface area contributed by atoms with Crippen molar-refractivity contribution in [1.29, 1.82) is 0 Å². The van der Waals surface area contributed by atoms with Crippen molar-refractivity contribution in [3.63, 3.8) is 0 Å². The van der Waals surface area contributed by atoms with Crippen LogP contribution in [-0.4, -0.2) is 31.5 Å². The number of halogens is 1. The quantitative estimate of drug-likeness (QED) is 0.682. The second-order valence-corrected chi connectivity index (χ2v) is 6.32. The monoisotopic (exact) mass is 346 g/mol. The fraction of sp³-hybridized carbons (Fsp3) is 0.429. The van der Waals surface area contributed by atoms with E-state index >= 15 is 0 Å². The molecule has 25 heavy (non-hydrogen) atoms. The summed E-state index contributed by atoms with van der Waals surface area (Å²) in [7, 11) is 1.66. The molecule has 3 nitrogen and oxygen atoms in total.